The number of aromatic hydroxyl groups is 1. The van der Waals surface area contributed by atoms with Crippen molar-refractivity contribution < 1.29 is 10.2 Å². The van der Waals surface area contributed by atoms with Crippen molar-refractivity contribution in [3.63, 3.8) is 0 Å². The van der Waals surface area contributed by atoms with Crippen molar-refractivity contribution in [1.29, 1.82) is 0 Å². The molecule has 3 unspecified atom stereocenters. The summed E-state index contributed by atoms with van der Waals surface area (Å²) in [7, 11) is 0. The molecule has 0 spiro atoms. The molecule has 0 amide bonds. The number of phenols is 1. The van der Waals surface area contributed by atoms with Gasteiger partial charge in [-0.2, -0.15) is 0 Å². The first-order valence-electron chi connectivity index (χ1n) is 14.1. The van der Waals surface area contributed by atoms with Gasteiger partial charge in [-0.25, -0.2) is 0 Å². The van der Waals surface area contributed by atoms with Crippen molar-refractivity contribution in [2.45, 2.75) is 111 Å². The van der Waals surface area contributed by atoms with Gasteiger partial charge in [0.2, 0.25) is 0 Å². The number of rotatable bonds is 8. The number of aliphatic hydroxyl groups excluding tert-OH is 1. The largest absolute Gasteiger partial charge is 0.508 e. The summed E-state index contributed by atoms with van der Waals surface area (Å²) in [6.07, 6.45) is 18.3. The molecule has 0 saturated heterocycles. The highest BCUT2D eigenvalue weighted by Gasteiger charge is 2.56. The Labute approximate surface area is 214 Å². The van der Waals surface area contributed by atoms with E-state index in [1.54, 1.807) is 0 Å². The first kappa shape index (κ1) is 26.3. The van der Waals surface area contributed by atoms with Gasteiger partial charge in [-0.3, -0.25) is 0 Å². The summed E-state index contributed by atoms with van der Waals surface area (Å²) in [5, 5.41) is 21.1. The first-order chi connectivity index (χ1) is 16.7. The Hall–Kier alpha value is -1.80. The van der Waals surface area contributed by atoms with Crippen molar-refractivity contribution >= 4 is 0 Å². The molecule has 3 aliphatic rings. The Bertz CT molecular complexity index is 979. The molecule has 0 heterocycles. The lowest BCUT2D eigenvalue weighted by Crippen LogP contribution is -2.47. The summed E-state index contributed by atoms with van der Waals surface area (Å²) < 4.78 is 0. The molecule has 0 radical (unpaired) electrons. The van der Waals surface area contributed by atoms with E-state index in [-0.39, 0.29) is 11.5 Å². The highest BCUT2D eigenvalue weighted by Crippen LogP contribution is 2.62. The molecule has 2 fully saturated rings. The maximum Gasteiger partial charge on any atom is 0.115 e. The van der Waals surface area contributed by atoms with Crippen LogP contribution in [0.2, 0.25) is 0 Å². The van der Waals surface area contributed by atoms with Crippen LogP contribution in [-0.2, 0) is 6.42 Å². The molecule has 35 heavy (non-hydrogen) atoms. The highest BCUT2D eigenvalue weighted by atomic mass is 16.3. The molecule has 1 aromatic rings. The fourth-order valence-corrected chi connectivity index (χ4v) is 7.67. The monoisotopic (exact) mass is 476 g/mol. The van der Waals surface area contributed by atoms with Crippen molar-refractivity contribution in [2.24, 2.45) is 23.2 Å². The molecule has 0 aliphatic heterocycles. The van der Waals surface area contributed by atoms with Gasteiger partial charge in [0.25, 0.3) is 0 Å². The van der Waals surface area contributed by atoms with Crippen LogP contribution in [0.1, 0.15) is 109 Å². The number of hydrogen-bond donors (Lipinski definition) is 2. The van der Waals surface area contributed by atoms with E-state index in [0.717, 1.165) is 51.4 Å². The molecule has 3 aliphatic carbocycles. The van der Waals surface area contributed by atoms with Gasteiger partial charge in [0.15, 0.2) is 0 Å². The summed E-state index contributed by atoms with van der Waals surface area (Å²) in [6.45, 7) is 11.3. The topological polar surface area (TPSA) is 40.5 Å². The predicted molar refractivity (Wildman–Crippen MR) is 148 cm³/mol. The van der Waals surface area contributed by atoms with Gasteiger partial charge in [0.05, 0.1) is 6.10 Å². The number of hydrogen-bond acceptors (Lipinski definition) is 2. The minimum atomic E-state index is -0.139. The quantitative estimate of drug-likeness (QED) is 0.369. The van der Waals surface area contributed by atoms with E-state index in [0.29, 0.717) is 29.4 Å². The smallest absolute Gasteiger partial charge is 0.115 e. The molecule has 2 heteroatoms. The van der Waals surface area contributed by atoms with E-state index < -0.39 is 0 Å². The SMILES string of the molecule is CC(C)=CCCC(C)=CCCC(C)=CC[C@@H]1Cc2cc(O)ccc2C2CC[C@@]3(C)C(CC[C@@H]3O)C21. The van der Waals surface area contributed by atoms with Crippen LogP contribution in [0.3, 0.4) is 0 Å². The van der Waals surface area contributed by atoms with Gasteiger partial charge in [0.1, 0.15) is 5.75 Å². The van der Waals surface area contributed by atoms with Crippen LogP contribution < -0.4 is 0 Å². The number of fused-ring (bicyclic) bond motifs is 5. The van der Waals surface area contributed by atoms with Crippen LogP contribution in [0.15, 0.2) is 53.1 Å². The molecule has 192 valence electrons. The van der Waals surface area contributed by atoms with Crippen molar-refractivity contribution in [3.8, 4) is 5.75 Å². The molecule has 2 N–H and O–H groups in total. The summed E-state index contributed by atoms with van der Waals surface area (Å²) in [6, 6.07) is 6.10. The molecule has 2 saturated carbocycles. The zero-order valence-corrected chi connectivity index (χ0v) is 22.8. The maximum atomic E-state index is 10.9. The maximum absolute atomic E-state index is 10.9. The van der Waals surface area contributed by atoms with Crippen molar-refractivity contribution in [1.82, 2.24) is 0 Å². The molecule has 2 nitrogen and oxygen atoms in total. The fourth-order valence-electron chi connectivity index (χ4n) is 7.67. The molecular formula is C33H48O2. The third-order valence-electron chi connectivity index (χ3n) is 9.73. The molecule has 1 aromatic carbocycles. The lowest BCUT2D eigenvalue weighted by Gasteiger charge is -2.53. The van der Waals surface area contributed by atoms with E-state index in [1.165, 1.54) is 40.7 Å². The fraction of sp³-hybridized carbons (Fsp3) is 0.636. The molecule has 0 aromatic heterocycles. The number of phenolic OH excluding ortho intramolecular Hbond substituents is 1. The Balaban J connectivity index is 1.45. The van der Waals surface area contributed by atoms with E-state index in [2.05, 4.69) is 58.9 Å². The first-order valence-corrected chi connectivity index (χ1v) is 14.1. The standard InChI is InChI=1S/C33H48O2/c1-22(2)8-6-9-23(3)10-7-11-24(4)12-13-25-20-26-21-27(34)14-15-28(26)29-18-19-33(5)30(32(25)29)16-17-31(33)35/h8,10,12,14-15,21,25,29-32,34-35H,6-7,9,11,13,16-20H2,1-5H3/t25-,29?,30?,31+,32?,33+/m1/s1. The van der Waals surface area contributed by atoms with E-state index >= 15 is 0 Å². The Kier molecular flexibility index (Phi) is 8.31. The van der Waals surface area contributed by atoms with Gasteiger partial charge in [-0.1, -0.05) is 47.9 Å². The van der Waals surface area contributed by atoms with Crippen LogP contribution in [0.5, 0.6) is 5.75 Å². The number of benzene rings is 1. The van der Waals surface area contributed by atoms with Gasteiger partial charge >= 0.3 is 0 Å². The van der Waals surface area contributed by atoms with E-state index in [9.17, 15) is 10.2 Å². The zero-order valence-electron chi connectivity index (χ0n) is 22.8. The number of aliphatic hydroxyl groups is 1. The average Bonchev–Trinajstić information content (AvgIpc) is 3.11. The van der Waals surface area contributed by atoms with Crippen molar-refractivity contribution in [3.05, 3.63) is 64.3 Å². The van der Waals surface area contributed by atoms with Crippen LogP contribution in [-0.4, -0.2) is 16.3 Å². The summed E-state index contributed by atoms with van der Waals surface area (Å²) >= 11 is 0. The summed E-state index contributed by atoms with van der Waals surface area (Å²) in [5.74, 6) is 2.83. The summed E-state index contributed by atoms with van der Waals surface area (Å²) in [4.78, 5) is 0. The minimum Gasteiger partial charge on any atom is -0.508 e. The van der Waals surface area contributed by atoms with Crippen LogP contribution in [0.25, 0.3) is 0 Å². The lowest BCUT2D eigenvalue weighted by atomic mass is 9.52. The van der Waals surface area contributed by atoms with Crippen LogP contribution in [0, 0.1) is 23.2 Å². The highest BCUT2D eigenvalue weighted by molar-refractivity contribution is 5.41. The predicted octanol–water partition coefficient (Wildman–Crippen LogP) is 8.64. The van der Waals surface area contributed by atoms with Crippen molar-refractivity contribution in [2.75, 3.05) is 0 Å². The molecule has 4 rings (SSSR count). The third-order valence-corrected chi connectivity index (χ3v) is 9.73. The summed E-state index contributed by atoms with van der Waals surface area (Å²) in [5.41, 5.74) is 7.33. The second-order valence-electron chi connectivity index (χ2n) is 12.5. The van der Waals surface area contributed by atoms with Crippen LogP contribution in [0.4, 0.5) is 0 Å². The second-order valence-corrected chi connectivity index (χ2v) is 12.5. The second kappa shape index (κ2) is 11.1. The molecule has 0 bridgehead atoms. The van der Waals surface area contributed by atoms with Gasteiger partial charge in [0, 0.05) is 0 Å². The van der Waals surface area contributed by atoms with E-state index in [1.807, 2.05) is 12.1 Å². The third kappa shape index (κ3) is 5.79. The molecular weight excluding hydrogens is 428 g/mol. The Morgan fingerprint density at radius 1 is 0.971 bits per heavy atom. The normalized spacial score (nSPS) is 32.6. The van der Waals surface area contributed by atoms with E-state index in [4.69, 9.17) is 0 Å². The van der Waals surface area contributed by atoms with Gasteiger partial charge in [-0.05, 0) is 144 Å². The van der Waals surface area contributed by atoms with Gasteiger partial charge < -0.3 is 10.2 Å². The molecule has 6 atom stereocenters. The zero-order chi connectivity index (χ0) is 25.2. The number of allylic oxidation sites excluding steroid dienone is 6. The minimum absolute atomic E-state index is 0.0838. The Morgan fingerprint density at radius 3 is 2.43 bits per heavy atom. The van der Waals surface area contributed by atoms with Crippen LogP contribution >= 0.6 is 0 Å². The van der Waals surface area contributed by atoms with Gasteiger partial charge in [-0.15, -0.1) is 0 Å². The average molecular weight is 477 g/mol. The lowest BCUT2D eigenvalue weighted by molar-refractivity contribution is -0.0378. The Morgan fingerprint density at radius 2 is 1.69 bits per heavy atom.